The minimum absolute atomic E-state index is 0.0251. The molecule has 1 heterocycles. The summed E-state index contributed by atoms with van der Waals surface area (Å²) in [6, 6.07) is 17.5. The van der Waals surface area contributed by atoms with Crippen molar-refractivity contribution in [2.24, 2.45) is 0 Å². The van der Waals surface area contributed by atoms with Crippen LogP contribution in [0.15, 0.2) is 54.6 Å². The first-order valence-electron chi connectivity index (χ1n) is 9.16. The number of nitrogens with zero attached hydrogens (tertiary/aromatic N) is 1. The third-order valence-electron chi connectivity index (χ3n) is 4.69. The van der Waals surface area contributed by atoms with Crippen molar-refractivity contribution in [3.8, 4) is 5.75 Å². The number of hydrogen-bond acceptors (Lipinski definition) is 3. The average Bonchev–Trinajstić information content (AvgIpc) is 2.69. The number of para-hydroxylation sites is 1. The molecule has 0 spiro atoms. The molecule has 26 heavy (non-hydrogen) atoms. The average molecular weight is 373 g/mol. The lowest BCUT2D eigenvalue weighted by molar-refractivity contribution is -0.123. The Morgan fingerprint density at radius 2 is 1.73 bits per heavy atom. The van der Waals surface area contributed by atoms with Crippen molar-refractivity contribution in [3.05, 3.63) is 65.2 Å². The highest BCUT2D eigenvalue weighted by atomic mass is 35.5. The zero-order valence-electron chi connectivity index (χ0n) is 14.9. The van der Waals surface area contributed by atoms with Gasteiger partial charge in [-0.15, -0.1) is 0 Å². The maximum Gasteiger partial charge on any atom is 0.258 e. The monoisotopic (exact) mass is 372 g/mol. The van der Waals surface area contributed by atoms with E-state index in [1.54, 1.807) is 0 Å². The number of carbonyl (C=O) groups is 1. The predicted molar refractivity (Wildman–Crippen MR) is 105 cm³/mol. The molecule has 4 nitrogen and oxygen atoms in total. The third-order valence-corrected chi connectivity index (χ3v) is 4.94. The molecular weight excluding hydrogens is 348 g/mol. The Balaban J connectivity index is 1.58. The van der Waals surface area contributed by atoms with E-state index in [1.165, 1.54) is 24.8 Å². The van der Waals surface area contributed by atoms with Crippen molar-refractivity contribution in [3.63, 3.8) is 0 Å². The van der Waals surface area contributed by atoms with E-state index in [-0.39, 0.29) is 18.6 Å². The van der Waals surface area contributed by atoms with Crippen molar-refractivity contribution < 1.29 is 9.53 Å². The lowest BCUT2D eigenvalue weighted by atomic mass is 10.0. The van der Waals surface area contributed by atoms with E-state index in [0.717, 1.165) is 18.1 Å². The van der Waals surface area contributed by atoms with Crippen LogP contribution in [-0.2, 0) is 4.79 Å². The van der Waals surface area contributed by atoms with Crippen molar-refractivity contribution in [2.45, 2.75) is 25.3 Å². The second kappa shape index (κ2) is 9.60. The normalized spacial score (nSPS) is 16.0. The van der Waals surface area contributed by atoms with Crippen LogP contribution in [0.2, 0.25) is 5.02 Å². The van der Waals surface area contributed by atoms with E-state index in [2.05, 4.69) is 10.2 Å². The van der Waals surface area contributed by atoms with Gasteiger partial charge in [-0.2, -0.15) is 0 Å². The molecule has 1 amide bonds. The van der Waals surface area contributed by atoms with Gasteiger partial charge in [-0.25, -0.2) is 0 Å². The van der Waals surface area contributed by atoms with E-state index in [4.69, 9.17) is 16.3 Å². The highest BCUT2D eigenvalue weighted by Crippen LogP contribution is 2.25. The number of nitrogens with one attached hydrogen (secondary N) is 1. The van der Waals surface area contributed by atoms with Gasteiger partial charge in [0.25, 0.3) is 5.91 Å². The number of amides is 1. The van der Waals surface area contributed by atoms with Gasteiger partial charge in [-0.1, -0.05) is 48.4 Å². The van der Waals surface area contributed by atoms with Gasteiger partial charge in [0.05, 0.1) is 6.04 Å². The SMILES string of the molecule is O=C(COc1ccccc1)NC[C@@H](c1ccc(Cl)cc1)N1CCCCC1. The first-order chi connectivity index (χ1) is 12.7. The summed E-state index contributed by atoms with van der Waals surface area (Å²) < 4.78 is 5.52. The zero-order chi connectivity index (χ0) is 18.2. The maximum atomic E-state index is 12.2. The molecule has 1 saturated heterocycles. The van der Waals surface area contributed by atoms with E-state index in [1.807, 2.05) is 54.6 Å². The minimum atomic E-state index is -0.107. The van der Waals surface area contributed by atoms with Crippen LogP contribution in [0.1, 0.15) is 30.9 Å². The molecule has 0 aromatic heterocycles. The van der Waals surface area contributed by atoms with Gasteiger partial charge in [0, 0.05) is 11.6 Å². The fourth-order valence-electron chi connectivity index (χ4n) is 3.30. The van der Waals surface area contributed by atoms with Crippen molar-refractivity contribution in [2.75, 3.05) is 26.2 Å². The van der Waals surface area contributed by atoms with Gasteiger partial charge in [-0.3, -0.25) is 9.69 Å². The van der Waals surface area contributed by atoms with Crippen LogP contribution in [0.3, 0.4) is 0 Å². The third kappa shape index (κ3) is 5.48. The molecule has 5 heteroatoms. The number of likely N-dealkylation sites (tertiary alicyclic amines) is 1. The largest absolute Gasteiger partial charge is 0.484 e. The van der Waals surface area contributed by atoms with Gasteiger partial charge in [0.15, 0.2) is 6.61 Å². The van der Waals surface area contributed by atoms with E-state index in [0.29, 0.717) is 12.3 Å². The molecule has 0 bridgehead atoms. The molecule has 1 aliphatic heterocycles. The molecule has 1 N–H and O–H groups in total. The summed E-state index contributed by atoms with van der Waals surface area (Å²) in [5.41, 5.74) is 1.18. The summed E-state index contributed by atoms with van der Waals surface area (Å²) in [5, 5.41) is 3.75. The first kappa shape index (κ1) is 18.7. The highest BCUT2D eigenvalue weighted by Gasteiger charge is 2.22. The molecule has 0 aliphatic carbocycles. The standard InChI is InChI=1S/C21H25ClN2O2/c22-18-11-9-17(10-12-18)20(24-13-5-2-6-14-24)15-23-21(25)16-26-19-7-3-1-4-8-19/h1,3-4,7-12,20H,2,5-6,13-16H2,(H,23,25)/t20-/m0/s1. The van der Waals surface area contributed by atoms with Crippen LogP contribution in [0.5, 0.6) is 5.75 Å². The molecule has 2 aromatic carbocycles. The summed E-state index contributed by atoms with van der Waals surface area (Å²) in [4.78, 5) is 14.7. The number of benzene rings is 2. The molecule has 0 radical (unpaired) electrons. The van der Waals surface area contributed by atoms with Crippen LogP contribution in [0.4, 0.5) is 0 Å². The lowest BCUT2D eigenvalue weighted by Gasteiger charge is -2.35. The topological polar surface area (TPSA) is 41.6 Å². The second-order valence-corrected chi connectivity index (χ2v) is 7.01. The molecular formula is C21H25ClN2O2. The maximum absolute atomic E-state index is 12.2. The fourth-order valence-corrected chi connectivity index (χ4v) is 3.43. The molecule has 1 fully saturated rings. The van der Waals surface area contributed by atoms with Crippen LogP contribution < -0.4 is 10.1 Å². The summed E-state index contributed by atoms with van der Waals surface area (Å²) in [6.07, 6.45) is 3.69. The van der Waals surface area contributed by atoms with Crippen LogP contribution >= 0.6 is 11.6 Å². The zero-order valence-corrected chi connectivity index (χ0v) is 15.6. The summed E-state index contributed by atoms with van der Waals surface area (Å²) in [6.45, 7) is 2.71. The van der Waals surface area contributed by atoms with Crippen LogP contribution in [0.25, 0.3) is 0 Å². The molecule has 1 atom stereocenters. The van der Waals surface area contributed by atoms with Gasteiger partial charge in [0.1, 0.15) is 5.75 Å². The summed E-state index contributed by atoms with van der Waals surface area (Å²) >= 11 is 6.03. The summed E-state index contributed by atoms with van der Waals surface area (Å²) in [5.74, 6) is 0.595. The Hall–Kier alpha value is -2.04. The van der Waals surface area contributed by atoms with Crippen molar-refractivity contribution >= 4 is 17.5 Å². The molecule has 138 valence electrons. The van der Waals surface area contributed by atoms with Gasteiger partial charge in [0.2, 0.25) is 0 Å². The molecule has 1 aliphatic rings. The lowest BCUT2D eigenvalue weighted by Crippen LogP contribution is -2.41. The van der Waals surface area contributed by atoms with E-state index < -0.39 is 0 Å². The number of halogens is 1. The Bertz CT molecular complexity index is 685. The van der Waals surface area contributed by atoms with Crippen LogP contribution in [-0.4, -0.2) is 37.0 Å². The van der Waals surface area contributed by atoms with Gasteiger partial charge in [-0.05, 0) is 55.8 Å². The molecule has 0 unspecified atom stereocenters. The van der Waals surface area contributed by atoms with Crippen LogP contribution in [0, 0.1) is 0 Å². The molecule has 3 rings (SSSR count). The Labute approximate surface area is 160 Å². The fraction of sp³-hybridized carbons (Fsp3) is 0.381. The Kier molecular flexibility index (Phi) is 6.92. The van der Waals surface area contributed by atoms with Gasteiger partial charge >= 0.3 is 0 Å². The summed E-state index contributed by atoms with van der Waals surface area (Å²) in [7, 11) is 0. The highest BCUT2D eigenvalue weighted by molar-refractivity contribution is 6.30. The quantitative estimate of drug-likeness (QED) is 0.796. The second-order valence-electron chi connectivity index (χ2n) is 6.57. The number of ether oxygens (including phenoxy) is 1. The van der Waals surface area contributed by atoms with Gasteiger partial charge < -0.3 is 10.1 Å². The van der Waals surface area contributed by atoms with E-state index >= 15 is 0 Å². The Morgan fingerprint density at radius 1 is 1.04 bits per heavy atom. The Morgan fingerprint density at radius 3 is 2.42 bits per heavy atom. The molecule has 2 aromatic rings. The van der Waals surface area contributed by atoms with Crippen molar-refractivity contribution in [1.82, 2.24) is 10.2 Å². The molecule has 0 saturated carbocycles. The number of hydrogen-bond donors (Lipinski definition) is 1. The van der Waals surface area contributed by atoms with Crippen molar-refractivity contribution in [1.29, 1.82) is 0 Å². The predicted octanol–water partition coefficient (Wildman–Crippen LogP) is 4.06. The number of piperidine rings is 1. The number of rotatable bonds is 7. The number of carbonyl (C=O) groups excluding carboxylic acids is 1. The minimum Gasteiger partial charge on any atom is -0.484 e. The first-order valence-corrected chi connectivity index (χ1v) is 9.54. The smallest absolute Gasteiger partial charge is 0.258 e. The van der Waals surface area contributed by atoms with E-state index in [9.17, 15) is 4.79 Å².